The largest absolute Gasteiger partial charge is 0.496 e. The van der Waals surface area contributed by atoms with Gasteiger partial charge in [-0.25, -0.2) is 0 Å². The van der Waals surface area contributed by atoms with E-state index in [9.17, 15) is 0 Å². The van der Waals surface area contributed by atoms with E-state index in [4.69, 9.17) is 10.5 Å². The zero-order valence-electron chi connectivity index (χ0n) is 12.8. The van der Waals surface area contributed by atoms with Crippen LogP contribution in [0.25, 0.3) is 0 Å². The number of para-hydroxylation sites is 1. The summed E-state index contributed by atoms with van der Waals surface area (Å²) in [6, 6.07) is 8.34. The number of hydrogen-bond acceptors (Lipinski definition) is 3. The normalized spacial score (nSPS) is 18.9. The molecule has 0 bridgehead atoms. The van der Waals surface area contributed by atoms with Gasteiger partial charge in [-0.15, -0.1) is 0 Å². The fraction of sp³-hybridized carbons (Fsp3) is 0.647. The molecule has 3 heteroatoms. The molecule has 0 saturated carbocycles. The van der Waals surface area contributed by atoms with Crippen molar-refractivity contribution < 1.29 is 4.74 Å². The lowest BCUT2D eigenvalue weighted by atomic mass is 9.79. The van der Waals surface area contributed by atoms with Crippen molar-refractivity contribution in [3.63, 3.8) is 0 Å². The second-order valence-electron chi connectivity index (χ2n) is 5.76. The minimum absolute atomic E-state index is 0.426. The van der Waals surface area contributed by atoms with Crippen LogP contribution in [0.15, 0.2) is 24.3 Å². The Hall–Kier alpha value is -1.06. The van der Waals surface area contributed by atoms with E-state index >= 15 is 0 Å². The highest BCUT2D eigenvalue weighted by molar-refractivity contribution is 5.37. The first-order valence-corrected chi connectivity index (χ1v) is 7.85. The number of hydrogen-bond donors (Lipinski definition) is 1. The number of rotatable bonds is 6. The van der Waals surface area contributed by atoms with Crippen LogP contribution < -0.4 is 10.5 Å². The maximum atomic E-state index is 6.08. The molecule has 1 saturated heterocycles. The molecule has 3 nitrogen and oxygen atoms in total. The molecule has 20 heavy (non-hydrogen) atoms. The van der Waals surface area contributed by atoms with Crippen LogP contribution in [0.3, 0.4) is 0 Å². The summed E-state index contributed by atoms with van der Waals surface area (Å²) in [4.78, 5) is 2.58. The molecule has 2 N–H and O–H groups in total. The molecule has 1 fully saturated rings. The number of benzene rings is 1. The van der Waals surface area contributed by atoms with Crippen LogP contribution in [0.1, 0.15) is 37.7 Å². The van der Waals surface area contributed by atoms with Gasteiger partial charge in [0.25, 0.3) is 0 Å². The number of ether oxygens (including phenoxy) is 1. The van der Waals surface area contributed by atoms with E-state index in [0.29, 0.717) is 18.4 Å². The minimum atomic E-state index is 0.426. The van der Waals surface area contributed by atoms with E-state index < -0.39 is 0 Å². The Balaban J connectivity index is 2.06. The van der Waals surface area contributed by atoms with Gasteiger partial charge >= 0.3 is 0 Å². The molecule has 0 amide bonds. The van der Waals surface area contributed by atoms with Gasteiger partial charge in [-0.1, -0.05) is 25.1 Å². The quantitative estimate of drug-likeness (QED) is 0.868. The summed E-state index contributed by atoms with van der Waals surface area (Å²) < 4.78 is 5.51. The summed E-state index contributed by atoms with van der Waals surface area (Å²) in [5, 5.41) is 0. The van der Waals surface area contributed by atoms with Crippen molar-refractivity contribution in [1.82, 2.24) is 4.90 Å². The van der Waals surface area contributed by atoms with E-state index in [0.717, 1.165) is 5.75 Å². The van der Waals surface area contributed by atoms with Gasteiger partial charge in [-0.05, 0) is 63.0 Å². The molecule has 1 atom stereocenters. The van der Waals surface area contributed by atoms with Crippen molar-refractivity contribution in [2.45, 2.75) is 32.1 Å². The highest BCUT2D eigenvalue weighted by Gasteiger charge is 2.28. The lowest BCUT2D eigenvalue weighted by Gasteiger charge is -2.36. The van der Waals surface area contributed by atoms with Crippen LogP contribution >= 0.6 is 0 Å². The summed E-state index contributed by atoms with van der Waals surface area (Å²) in [5.74, 6) is 2.10. The molecule has 1 aromatic rings. The first-order chi connectivity index (χ1) is 9.80. The number of piperidine rings is 1. The van der Waals surface area contributed by atoms with Crippen LogP contribution in [0.4, 0.5) is 0 Å². The Morgan fingerprint density at radius 2 is 2.00 bits per heavy atom. The maximum absolute atomic E-state index is 6.08. The van der Waals surface area contributed by atoms with Crippen molar-refractivity contribution in [2.75, 3.05) is 33.3 Å². The third-order valence-corrected chi connectivity index (χ3v) is 4.53. The SMILES string of the molecule is CCCN1CCC(C(CN)c2ccccc2OC)CC1. The molecular formula is C17H28N2O. The van der Waals surface area contributed by atoms with Crippen molar-refractivity contribution in [1.29, 1.82) is 0 Å². The van der Waals surface area contributed by atoms with Crippen molar-refractivity contribution in [2.24, 2.45) is 11.7 Å². The highest BCUT2D eigenvalue weighted by atomic mass is 16.5. The molecule has 0 aliphatic carbocycles. The second-order valence-corrected chi connectivity index (χ2v) is 5.76. The van der Waals surface area contributed by atoms with Gasteiger partial charge < -0.3 is 15.4 Å². The fourth-order valence-corrected chi connectivity index (χ4v) is 3.44. The molecule has 1 aliphatic heterocycles. The van der Waals surface area contributed by atoms with Gasteiger partial charge in [0.1, 0.15) is 5.75 Å². The number of nitrogens with two attached hydrogens (primary N) is 1. The average Bonchev–Trinajstić information content (AvgIpc) is 2.50. The number of nitrogens with zero attached hydrogens (tertiary/aromatic N) is 1. The Bertz CT molecular complexity index is 400. The zero-order valence-corrected chi connectivity index (χ0v) is 12.8. The number of likely N-dealkylation sites (tertiary alicyclic amines) is 1. The van der Waals surface area contributed by atoms with Crippen LogP contribution in [-0.2, 0) is 0 Å². The second kappa shape index (κ2) is 7.65. The Labute approximate surface area is 123 Å². The molecule has 0 radical (unpaired) electrons. The van der Waals surface area contributed by atoms with Crippen molar-refractivity contribution in [3.8, 4) is 5.75 Å². The first-order valence-electron chi connectivity index (χ1n) is 7.85. The van der Waals surface area contributed by atoms with Crippen LogP contribution in [0, 0.1) is 5.92 Å². The van der Waals surface area contributed by atoms with E-state index in [-0.39, 0.29) is 0 Å². The Morgan fingerprint density at radius 3 is 2.60 bits per heavy atom. The summed E-state index contributed by atoms with van der Waals surface area (Å²) in [5.41, 5.74) is 7.37. The van der Waals surface area contributed by atoms with Gasteiger partial charge in [0.2, 0.25) is 0 Å². The van der Waals surface area contributed by atoms with E-state index in [2.05, 4.69) is 24.0 Å². The van der Waals surface area contributed by atoms with Crippen molar-refractivity contribution in [3.05, 3.63) is 29.8 Å². The lowest BCUT2D eigenvalue weighted by molar-refractivity contribution is 0.168. The molecular weight excluding hydrogens is 248 g/mol. The summed E-state index contributed by atoms with van der Waals surface area (Å²) in [7, 11) is 1.75. The third kappa shape index (κ3) is 3.53. The monoisotopic (exact) mass is 276 g/mol. The van der Waals surface area contributed by atoms with Crippen LogP contribution in [0.5, 0.6) is 5.75 Å². The van der Waals surface area contributed by atoms with E-state index in [1.807, 2.05) is 12.1 Å². The molecule has 112 valence electrons. The topological polar surface area (TPSA) is 38.5 Å². The zero-order chi connectivity index (χ0) is 14.4. The third-order valence-electron chi connectivity index (χ3n) is 4.53. The average molecular weight is 276 g/mol. The highest BCUT2D eigenvalue weighted by Crippen LogP contribution is 2.36. The van der Waals surface area contributed by atoms with E-state index in [1.54, 1.807) is 7.11 Å². The van der Waals surface area contributed by atoms with Gasteiger partial charge in [-0.2, -0.15) is 0 Å². The molecule has 1 aromatic carbocycles. The van der Waals surface area contributed by atoms with Crippen LogP contribution in [0.2, 0.25) is 0 Å². The van der Waals surface area contributed by atoms with Crippen LogP contribution in [-0.4, -0.2) is 38.2 Å². The maximum Gasteiger partial charge on any atom is 0.122 e. The van der Waals surface area contributed by atoms with Gasteiger partial charge in [0.05, 0.1) is 7.11 Å². The summed E-state index contributed by atoms with van der Waals surface area (Å²) in [6.45, 7) is 6.62. The molecule has 1 heterocycles. The molecule has 1 aliphatic rings. The van der Waals surface area contributed by atoms with Crippen molar-refractivity contribution >= 4 is 0 Å². The first kappa shape index (κ1) is 15.3. The minimum Gasteiger partial charge on any atom is -0.496 e. The summed E-state index contributed by atoms with van der Waals surface area (Å²) >= 11 is 0. The Morgan fingerprint density at radius 1 is 1.30 bits per heavy atom. The van der Waals surface area contributed by atoms with Gasteiger partial charge in [0.15, 0.2) is 0 Å². The fourth-order valence-electron chi connectivity index (χ4n) is 3.44. The van der Waals surface area contributed by atoms with Gasteiger partial charge in [0, 0.05) is 5.92 Å². The standard InChI is InChI=1S/C17H28N2O/c1-3-10-19-11-8-14(9-12-19)16(13-18)15-6-4-5-7-17(15)20-2/h4-7,14,16H,3,8-13,18H2,1-2H3. The summed E-state index contributed by atoms with van der Waals surface area (Å²) in [6.07, 6.45) is 3.75. The predicted octanol–water partition coefficient (Wildman–Crippen LogP) is 2.86. The van der Waals surface area contributed by atoms with Gasteiger partial charge in [-0.3, -0.25) is 0 Å². The smallest absolute Gasteiger partial charge is 0.122 e. The number of methoxy groups -OCH3 is 1. The molecule has 0 aromatic heterocycles. The molecule has 0 spiro atoms. The lowest BCUT2D eigenvalue weighted by Crippen LogP contribution is -2.37. The molecule has 2 rings (SSSR count). The molecule has 1 unspecified atom stereocenters. The van der Waals surface area contributed by atoms with E-state index in [1.165, 1.54) is 44.5 Å². The predicted molar refractivity (Wildman–Crippen MR) is 84.2 cm³/mol. The Kier molecular flexibility index (Phi) is 5.86.